The Morgan fingerprint density at radius 3 is 2.90 bits per heavy atom. The van der Waals surface area contributed by atoms with Crippen LogP contribution in [0.1, 0.15) is 48.2 Å². The van der Waals surface area contributed by atoms with Crippen LogP contribution in [0.2, 0.25) is 0 Å². The van der Waals surface area contributed by atoms with Crippen LogP contribution < -0.4 is 0 Å². The maximum absolute atomic E-state index is 13.2. The van der Waals surface area contributed by atoms with E-state index in [-0.39, 0.29) is 16.8 Å². The van der Waals surface area contributed by atoms with Crippen LogP contribution in [0.5, 0.6) is 0 Å². The molecule has 0 unspecified atom stereocenters. The highest BCUT2D eigenvalue weighted by atomic mass is 32.2. The Morgan fingerprint density at radius 1 is 1.28 bits per heavy atom. The Labute approximate surface area is 177 Å². The molecule has 2 aromatic rings. The van der Waals surface area contributed by atoms with E-state index in [9.17, 15) is 8.42 Å². The average Bonchev–Trinajstić information content (AvgIpc) is 3.33. The van der Waals surface area contributed by atoms with Gasteiger partial charge >= 0.3 is 0 Å². The molecule has 0 atom stereocenters. The number of ether oxygens (including phenoxy) is 1. The van der Waals surface area contributed by atoms with Crippen LogP contribution in [0.15, 0.2) is 22.8 Å². The minimum absolute atomic E-state index is 0.221. The van der Waals surface area contributed by atoms with Gasteiger partial charge in [0.2, 0.25) is 15.0 Å². The Balaban J connectivity index is 1.53. The fourth-order valence-corrected chi connectivity index (χ4v) is 7.35. The molecular weight excluding hydrogens is 406 g/mol. The summed E-state index contributed by atoms with van der Waals surface area (Å²) in [5, 5.41) is 2.38. The first kappa shape index (κ1) is 21.0. The molecule has 0 N–H and O–H groups in total. The number of hydrogen-bond acceptors (Lipinski definition) is 6. The quantitative estimate of drug-likeness (QED) is 0.632. The van der Waals surface area contributed by atoms with Crippen molar-refractivity contribution in [1.29, 1.82) is 0 Å². The fourth-order valence-electron chi connectivity index (χ4n) is 4.60. The molecule has 0 bridgehead atoms. The van der Waals surface area contributed by atoms with E-state index in [1.165, 1.54) is 16.9 Å². The van der Waals surface area contributed by atoms with Crippen molar-refractivity contribution in [2.45, 2.75) is 63.3 Å². The van der Waals surface area contributed by atoms with Crippen LogP contribution in [0, 0.1) is 5.92 Å². The second-order valence-electron chi connectivity index (χ2n) is 8.29. The number of fused-ring (bicyclic) bond motifs is 1. The normalized spacial score (nSPS) is 18.8. The molecule has 2 aliphatic rings. The average molecular weight is 438 g/mol. The highest BCUT2D eigenvalue weighted by Gasteiger charge is 2.29. The molecule has 0 spiro atoms. The van der Waals surface area contributed by atoms with Crippen molar-refractivity contribution >= 4 is 21.2 Å². The first-order valence-electron chi connectivity index (χ1n) is 10.6. The fraction of sp³-hybridized carbons (Fsp3) is 0.667. The van der Waals surface area contributed by atoms with Crippen molar-refractivity contribution in [2.75, 3.05) is 26.0 Å². The topological polar surface area (TPSA) is 64.4 Å². The Hall–Kier alpha value is -1.22. The molecule has 1 saturated carbocycles. The first-order chi connectivity index (χ1) is 14.1. The van der Waals surface area contributed by atoms with Crippen molar-refractivity contribution in [3.63, 3.8) is 0 Å². The Morgan fingerprint density at radius 2 is 2.10 bits per heavy atom. The number of nitrogens with zero attached hydrogens (tertiary/aromatic N) is 3. The lowest BCUT2D eigenvalue weighted by atomic mass is 9.91. The predicted molar refractivity (Wildman–Crippen MR) is 115 cm³/mol. The number of aromatic nitrogens is 2. The van der Waals surface area contributed by atoms with Gasteiger partial charge in [-0.1, -0.05) is 19.3 Å². The highest BCUT2D eigenvalue weighted by Crippen LogP contribution is 2.28. The molecule has 3 heterocycles. The highest BCUT2D eigenvalue weighted by molar-refractivity contribution is 7.91. The van der Waals surface area contributed by atoms with Gasteiger partial charge in [-0.3, -0.25) is 4.90 Å². The largest absolute Gasteiger partial charge is 0.383 e. The van der Waals surface area contributed by atoms with E-state index in [4.69, 9.17) is 4.74 Å². The summed E-state index contributed by atoms with van der Waals surface area (Å²) in [4.78, 5) is 8.26. The van der Waals surface area contributed by atoms with Gasteiger partial charge in [0, 0.05) is 38.2 Å². The van der Waals surface area contributed by atoms with E-state index < -0.39 is 9.84 Å². The lowest BCUT2D eigenvalue weighted by Crippen LogP contribution is -2.30. The number of sulfone groups is 1. The molecule has 6 nitrogen and oxygen atoms in total. The molecule has 0 aromatic carbocycles. The molecule has 160 valence electrons. The second-order valence-corrected chi connectivity index (χ2v) is 11.2. The van der Waals surface area contributed by atoms with Crippen LogP contribution in [-0.2, 0) is 40.6 Å². The third-order valence-corrected chi connectivity index (χ3v) is 8.97. The summed E-state index contributed by atoms with van der Waals surface area (Å²) in [5.41, 5.74) is 2.36. The van der Waals surface area contributed by atoms with Crippen LogP contribution in [0.3, 0.4) is 0 Å². The van der Waals surface area contributed by atoms with E-state index in [2.05, 4.69) is 21.3 Å². The summed E-state index contributed by atoms with van der Waals surface area (Å²) >= 11 is 1.83. The molecule has 0 saturated heterocycles. The zero-order chi connectivity index (χ0) is 20.3. The maximum Gasteiger partial charge on any atom is 0.227 e. The third kappa shape index (κ3) is 4.93. The predicted octanol–water partition coefficient (Wildman–Crippen LogP) is 3.50. The van der Waals surface area contributed by atoms with Gasteiger partial charge in [-0.25, -0.2) is 13.4 Å². The second kappa shape index (κ2) is 9.29. The molecule has 0 amide bonds. The number of imidazole rings is 1. The summed E-state index contributed by atoms with van der Waals surface area (Å²) in [5.74, 6) is 0.488. The van der Waals surface area contributed by atoms with Gasteiger partial charge < -0.3 is 9.30 Å². The molecule has 8 heteroatoms. The van der Waals surface area contributed by atoms with E-state index in [0.717, 1.165) is 50.9 Å². The zero-order valence-corrected chi connectivity index (χ0v) is 18.8. The van der Waals surface area contributed by atoms with E-state index in [1.54, 1.807) is 13.3 Å². The van der Waals surface area contributed by atoms with E-state index in [1.807, 2.05) is 15.9 Å². The minimum atomic E-state index is -3.40. The molecule has 4 rings (SSSR count). The van der Waals surface area contributed by atoms with Crippen molar-refractivity contribution in [3.05, 3.63) is 33.8 Å². The van der Waals surface area contributed by atoms with Gasteiger partial charge in [0.05, 0.1) is 24.3 Å². The van der Waals surface area contributed by atoms with Crippen molar-refractivity contribution in [1.82, 2.24) is 14.5 Å². The molecule has 29 heavy (non-hydrogen) atoms. The van der Waals surface area contributed by atoms with Gasteiger partial charge in [-0.05, 0) is 42.2 Å². The van der Waals surface area contributed by atoms with Gasteiger partial charge in [0.25, 0.3) is 0 Å². The van der Waals surface area contributed by atoms with Gasteiger partial charge in [-0.15, -0.1) is 11.3 Å². The SMILES string of the molecule is COCCn1c(CN2CCc3sccc3C2)cnc1S(=O)(=O)CC1CCCCC1. The third-order valence-electron chi connectivity index (χ3n) is 6.15. The van der Waals surface area contributed by atoms with Crippen molar-refractivity contribution < 1.29 is 13.2 Å². The van der Waals surface area contributed by atoms with Crippen molar-refractivity contribution in [3.8, 4) is 0 Å². The molecule has 2 aromatic heterocycles. The maximum atomic E-state index is 13.2. The minimum Gasteiger partial charge on any atom is -0.383 e. The van der Waals surface area contributed by atoms with Crippen LogP contribution >= 0.6 is 11.3 Å². The van der Waals surface area contributed by atoms with E-state index >= 15 is 0 Å². The molecule has 0 radical (unpaired) electrons. The van der Waals surface area contributed by atoms with E-state index in [0.29, 0.717) is 19.7 Å². The van der Waals surface area contributed by atoms with Gasteiger partial charge in [0.1, 0.15) is 0 Å². The summed E-state index contributed by atoms with van der Waals surface area (Å²) in [7, 11) is -1.75. The van der Waals surface area contributed by atoms with Crippen LogP contribution in [-0.4, -0.2) is 48.9 Å². The summed E-state index contributed by atoms with van der Waals surface area (Å²) in [6.07, 6.45) is 8.36. The number of rotatable bonds is 8. The Bertz CT molecular complexity index is 914. The summed E-state index contributed by atoms with van der Waals surface area (Å²) < 4.78 is 33.5. The lowest BCUT2D eigenvalue weighted by molar-refractivity contribution is 0.180. The number of methoxy groups -OCH3 is 1. The monoisotopic (exact) mass is 437 g/mol. The first-order valence-corrected chi connectivity index (χ1v) is 13.1. The van der Waals surface area contributed by atoms with Gasteiger partial charge in [-0.2, -0.15) is 0 Å². The standard InChI is InChI=1S/C21H31N3O3S2/c1-27-11-10-24-19(15-23-9-7-20-18(14-23)8-12-28-20)13-22-21(24)29(25,26)16-17-5-3-2-4-6-17/h8,12-13,17H,2-7,9-11,14-16H2,1H3. The number of hydrogen-bond donors (Lipinski definition) is 0. The zero-order valence-electron chi connectivity index (χ0n) is 17.2. The molecule has 1 aliphatic heterocycles. The molecule has 1 aliphatic carbocycles. The number of thiophene rings is 1. The van der Waals surface area contributed by atoms with Crippen molar-refractivity contribution in [2.24, 2.45) is 5.92 Å². The van der Waals surface area contributed by atoms with Crippen LogP contribution in [0.4, 0.5) is 0 Å². The molecular formula is C21H31N3O3S2. The smallest absolute Gasteiger partial charge is 0.227 e. The Kier molecular flexibility index (Phi) is 6.73. The molecule has 1 fully saturated rings. The van der Waals surface area contributed by atoms with Crippen LogP contribution in [0.25, 0.3) is 0 Å². The summed E-state index contributed by atoms with van der Waals surface area (Å²) in [6, 6.07) is 2.20. The lowest BCUT2D eigenvalue weighted by Gasteiger charge is -2.27. The van der Waals surface area contributed by atoms with Gasteiger partial charge in [0.15, 0.2) is 0 Å². The summed E-state index contributed by atoms with van der Waals surface area (Å²) in [6.45, 7) is 3.61.